The predicted octanol–water partition coefficient (Wildman–Crippen LogP) is 1.43. The highest BCUT2D eigenvalue weighted by atomic mass is 16.2. The third-order valence-corrected chi connectivity index (χ3v) is 4.36. The molecule has 2 fully saturated rings. The number of amides is 1. The molecule has 1 saturated carbocycles. The van der Waals surface area contributed by atoms with Crippen molar-refractivity contribution in [2.24, 2.45) is 0 Å². The average Bonchev–Trinajstić information content (AvgIpc) is 3.30. The maximum absolute atomic E-state index is 12.7. The molecule has 114 valence electrons. The molecule has 1 aliphatic carbocycles. The Morgan fingerprint density at radius 2 is 2.10 bits per heavy atom. The topological polar surface area (TPSA) is 65.2 Å². The number of pyridine rings is 1. The number of hydrogen-bond donors (Lipinski definition) is 2. The van der Waals surface area contributed by atoms with Crippen molar-refractivity contribution >= 4 is 5.91 Å². The molecule has 1 amide bonds. The fourth-order valence-electron chi connectivity index (χ4n) is 3.00. The summed E-state index contributed by atoms with van der Waals surface area (Å²) in [5, 5.41) is 3.48. The van der Waals surface area contributed by atoms with Crippen molar-refractivity contribution in [2.75, 3.05) is 13.1 Å². The molecular formula is C16H23N3O2. The summed E-state index contributed by atoms with van der Waals surface area (Å²) in [5.41, 5.74) is 0.772. The predicted molar refractivity (Wildman–Crippen MR) is 81.5 cm³/mol. The van der Waals surface area contributed by atoms with E-state index in [9.17, 15) is 9.59 Å². The Labute approximate surface area is 124 Å². The molecular weight excluding hydrogens is 266 g/mol. The number of carbonyl (C=O) groups is 1. The number of hydrogen-bond acceptors (Lipinski definition) is 3. The minimum Gasteiger partial charge on any atom is -0.334 e. The summed E-state index contributed by atoms with van der Waals surface area (Å²) in [6.45, 7) is 3.57. The van der Waals surface area contributed by atoms with Crippen LogP contribution >= 0.6 is 0 Å². The van der Waals surface area contributed by atoms with Crippen LogP contribution in [0.2, 0.25) is 0 Å². The number of rotatable bonds is 4. The second-order valence-electron chi connectivity index (χ2n) is 6.22. The van der Waals surface area contributed by atoms with E-state index in [4.69, 9.17) is 0 Å². The van der Waals surface area contributed by atoms with Crippen molar-refractivity contribution in [1.29, 1.82) is 0 Å². The van der Waals surface area contributed by atoms with E-state index in [1.165, 1.54) is 12.8 Å². The number of aromatic amines is 1. The van der Waals surface area contributed by atoms with Crippen LogP contribution in [0.4, 0.5) is 0 Å². The number of piperidine rings is 1. The fraction of sp³-hybridized carbons (Fsp3) is 0.625. The lowest BCUT2D eigenvalue weighted by molar-refractivity contribution is 0.0716. The monoisotopic (exact) mass is 289 g/mol. The fourth-order valence-corrected chi connectivity index (χ4v) is 3.00. The van der Waals surface area contributed by atoms with E-state index in [0.717, 1.165) is 38.0 Å². The van der Waals surface area contributed by atoms with Crippen molar-refractivity contribution in [3.05, 3.63) is 33.7 Å². The minimum absolute atomic E-state index is 0.119. The van der Waals surface area contributed by atoms with Gasteiger partial charge >= 0.3 is 0 Å². The Kier molecular flexibility index (Phi) is 4.10. The van der Waals surface area contributed by atoms with Gasteiger partial charge in [0.15, 0.2) is 0 Å². The zero-order valence-electron chi connectivity index (χ0n) is 12.5. The number of nitrogens with one attached hydrogen (secondary N) is 2. The largest absolute Gasteiger partial charge is 0.334 e. The highest BCUT2D eigenvalue weighted by molar-refractivity contribution is 5.94. The quantitative estimate of drug-likeness (QED) is 0.881. The SMILES string of the molecule is Cc1ccc(C(=O)N(CC2CCCCN2)C2CC2)c(=O)[nH]1. The van der Waals surface area contributed by atoms with Gasteiger partial charge in [0.05, 0.1) is 0 Å². The standard InChI is InChI=1S/C16H23N3O2/c1-11-5-8-14(15(20)18-11)16(21)19(13-6-7-13)10-12-4-2-3-9-17-12/h5,8,12-13,17H,2-4,6-7,9-10H2,1H3,(H,18,20). The second kappa shape index (κ2) is 6.02. The van der Waals surface area contributed by atoms with Crippen LogP contribution in [0.5, 0.6) is 0 Å². The first-order valence-corrected chi connectivity index (χ1v) is 7.89. The first-order chi connectivity index (χ1) is 10.1. The smallest absolute Gasteiger partial charge is 0.260 e. The van der Waals surface area contributed by atoms with Crippen molar-refractivity contribution < 1.29 is 4.79 Å². The number of aromatic nitrogens is 1. The molecule has 5 heteroatoms. The van der Waals surface area contributed by atoms with Gasteiger partial charge in [-0.15, -0.1) is 0 Å². The minimum atomic E-state index is -0.276. The van der Waals surface area contributed by atoms with E-state index < -0.39 is 0 Å². The van der Waals surface area contributed by atoms with Gasteiger partial charge in [0.1, 0.15) is 5.56 Å². The Hall–Kier alpha value is -1.62. The molecule has 0 spiro atoms. The van der Waals surface area contributed by atoms with Crippen LogP contribution < -0.4 is 10.9 Å². The number of carbonyl (C=O) groups excluding carboxylic acids is 1. The average molecular weight is 289 g/mol. The molecule has 21 heavy (non-hydrogen) atoms. The van der Waals surface area contributed by atoms with Gasteiger partial charge in [-0.25, -0.2) is 0 Å². The van der Waals surface area contributed by atoms with E-state index in [2.05, 4.69) is 10.3 Å². The Morgan fingerprint density at radius 1 is 1.29 bits per heavy atom. The number of aryl methyl sites for hydroxylation is 1. The molecule has 1 aliphatic heterocycles. The summed E-state index contributed by atoms with van der Waals surface area (Å²) in [6.07, 6.45) is 5.66. The normalized spacial score (nSPS) is 22.0. The first-order valence-electron chi connectivity index (χ1n) is 7.89. The van der Waals surface area contributed by atoms with Gasteiger partial charge < -0.3 is 15.2 Å². The van der Waals surface area contributed by atoms with Crippen LogP contribution in [0.15, 0.2) is 16.9 Å². The highest BCUT2D eigenvalue weighted by Gasteiger charge is 2.35. The molecule has 1 atom stereocenters. The first kappa shape index (κ1) is 14.3. The maximum atomic E-state index is 12.7. The summed E-state index contributed by atoms with van der Waals surface area (Å²) in [6, 6.07) is 4.13. The molecule has 2 heterocycles. The van der Waals surface area contributed by atoms with Crippen molar-refractivity contribution in [1.82, 2.24) is 15.2 Å². The zero-order valence-corrected chi connectivity index (χ0v) is 12.5. The van der Waals surface area contributed by atoms with Gasteiger partial charge in [0, 0.05) is 24.3 Å². The molecule has 0 radical (unpaired) electrons. The lowest BCUT2D eigenvalue weighted by atomic mass is 10.0. The molecule has 5 nitrogen and oxygen atoms in total. The molecule has 3 rings (SSSR count). The zero-order chi connectivity index (χ0) is 14.8. The summed E-state index contributed by atoms with van der Waals surface area (Å²) in [5.74, 6) is -0.119. The Bertz CT molecular complexity index is 571. The second-order valence-corrected chi connectivity index (χ2v) is 6.22. The van der Waals surface area contributed by atoms with E-state index in [-0.39, 0.29) is 17.0 Å². The lowest BCUT2D eigenvalue weighted by Gasteiger charge is -2.30. The van der Waals surface area contributed by atoms with Crippen LogP contribution in [-0.4, -0.2) is 41.0 Å². The molecule has 2 N–H and O–H groups in total. The Morgan fingerprint density at radius 3 is 2.71 bits per heavy atom. The summed E-state index contributed by atoms with van der Waals surface area (Å²) in [4.78, 5) is 29.3. The summed E-state index contributed by atoms with van der Waals surface area (Å²) in [7, 11) is 0. The molecule has 1 saturated heterocycles. The summed E-state index contributed by atoms with van der Waals surface area (Å²) < 4.78 is 0. The van der Waals surface area contributed by atoms with Gasteiger partial charge in [0.25, 0.3) is 11.5 Å². The van der Waals surface area contributed by atoms with E-state index in [0.29, 0.717) is 12.1 Å². The van der Waals surface area contributed by atoms with Crippen molar-refractivity contribution in [2.45, 2.75) is 51.1 Å². The van der Waals surface area contributed by atoms with Crippen LogP contribution in [-0.2, 0) is 0 Å². The Balaban J connectivity index is 1.76. The van der Waals surface area contributed by atoms with Crippen molar-refractivity contribution in [3.8, 4) is 0 Å². The lowest BCUT2D eigenvalue weighted by Crippen LogP contribution is -2.47. The van der Waals surface area contributed by atoms with E-state index in [1.807, 2.05) is 11.8 Å². The molecule has 1 aromatic rings. The molecule has 0 bridgehead atoms. The third-order valence-electron chi connectivity index (χ3n) is 4.36. The van der Waals surface area contributed by atoms with Crippen LogP contribution in [0, 0.1) is 6.92 Å². The molecule has 2 aliphatic rings. The van der Waals surface area contributed by atoms with Gasteiger partial charge in [-0.1, -0.05) is 6.42 Å². The molecule has 1 unspecified atom stereocenters. The van der Waals surface area contributed by atoms with E-state index in [1.54, 1.807) is 12.1 Å². The van der Waals surface area contributed by atoms with Crippen LogP contribution in [0.1, 0.15) is 48.2 Å². The van der Waals surface area contributed by atoms with Gasteiger partial charge in [0.2, 0.25) is 0 Å². The number of H-pyrrole nitrogens is 1. The number of nitrogens with zero attached hydrogens (tertiary/aromatic N) is 1. The van der Waals surface area contributed by atoms with Gasteiger partial charge in [-0.2, -0.15) is 0 Å². The van der Waals surface area contributed by atoms with Crippen LogP contribution in [0.3, 0.4) is 0 Å². The van der Waals surface area contributed by atoms with Crippen LogP contribution in [0.25, 0.3) is 0 Å². The third kappa shape index (κ3) is 3.35. The van der Waals surface area contributed by atoms with Crippen molar-refractivity contribution in [3.63, 3.8) is 0 Å². The highest BCUT2D eigenvalue weighted by Crippen LogP contribution is 2.28. The summed E-state index contributed by atoms with van der Waals surface area (Å²) >= 11 is 0. The molecule has 1 aromatic heterocycles. The van der Waals surface area contributed by atoms with Gasteiger partial charge in [-0.3, -0.25) is 9.59 Å². The maximum Gasteiger partial charge on any atom is 0.260 e. The molecule has 0 aromatic carbocycles. The van der Waals surface area contributed by atoms with E-state index >= 15 is 0 Å². The van der Waals surface area contributed by atoms with Gasteiger partial charge in [-0.05, 0) is 51.3 Å².